The van der Waals surface area contributed by atoms with E-state index in [0.29, 0.717) is 0 Å². The van der Waals surface area contributed by atoms with Crippen LogP contribution >= 0.6 is 0 Å². The molecule has 0 aromatic heterocycles. The fraction of sp³-hybridized carbons (Fsp3) is 0.588. The highest BCUT2D eigenvalue weighted by molar-refractivity contribution is 5.79. The van der Waals surface area contributed by atoms with Crippen LogP contribution in [0.4, 0.5) is 4.39 Å². The molecule has 0 amide bonds. The largest absolute Gasteiger partial charge is 0.357 e. The van der Waals surface area contributed by atoms with Gasteiger partial charge in [-0.15, -0.1) is 0 Å². The summed E-state index contributed by atoms with van der Waals surface area (Å²) in [5.41, 5.74) is 1.23. The molecular weight excluding hydrogens is 279 g/mol. The second-order valence-electron chi connectivity index (χ2n) is 6.24. The van der Waals surface area contributed by atoms with Crippen LogP contribution in [0.25, 0.3) is 0 Å². The van der Waals surface area contributed by atoms with E-state index in [1.54, 1.807) is 0 Å². The van der Waals surface area contributed by atoms with Gasteiger partial charge in [0.15, 0.2) is 5.96 Å². The lowest BCUT2D eigenvalue weighted by atomic mass is 10.1. The lowest BCUT2D eigenvalue weighted by Crippen LogP contribution is -2.40. The van der Waals surface area contributed by atoms with E-state index in [2.05, 4.69) is 41.7 Å². The first-order chi connectivity index (χ1) is 10.4. The molecule has 22 heavy (non-hydrogen) atoms. The number of aliphatic imine (C=N–C) groups is 1. The topological polar surface area (TPSA) is 48.5 Å². The van der Waals surface area contributed by atoms with Crippen molar-refractivity contribution in [3.63, 3.8) is 0 Å². The Kier molecular flexibility index (Phi) is 7.88. The molecule has 0 bridgehead atoms. The van der Waals surface area contributed by atoms with Gasteiger partial charge in [-0.25, -0.2) is 4.39 Å². The molecule has 124 valence electrons. The number of halogens is 1. The zero-order chi connectivity index (χ0) is 16.4. The van der Waals surface area contributed by atoms with Gasteiger partial charge < -0.3 is 16.0 Å². The summed E-state index contributed by atoms with van der Waals surface area (Å²) in [6.45, 7) is 11.6. The minimum Gasteiger partial charge on any atom is -0.357 e. The number of guanidine groups is 1. The summed E-state index contributed by atoms with van der Waals surface area (Å²) in [6, 6.07) is 6.61. The van der Waals surface area contributed by atoms with Crippen LogP contribution < -0.4 is 16.0 Å². The van der Waals surface area contributed by atoms with Gasteiger partial charge in [0, 0.05) is 25.2 Å². The maximum absolute atomic E-state index is 12.8. The van der Waals surface area contributed by atoms with Gasteiger partial charge in [0.1, 0.15) is 5.82 Å². The summed E-state index contributed by atoms with van der Waals surface area (Å²) in [5, 5.41) is 9.93. The Hall–Kier alpha value is -1.62. The molecule has 1 aromatic carbocycles. The minimum atomic E-state index is -0.196. The van der Waals surface area contributed by atoms with E-state index in [0.717, 1.165) is 44.1 Å². The zero-order valence-electron chi connectivity index (χ0n) is 14.2. The van der Waals surface area contributed by atoms with Gasteiger partial charge in [0.05, 0.1) is 6.54 Å². The third-order valence-electron chi connectivity index (χ3n) is 3.00. The number of nitrogens with one attached hydrogen (secondary N) is 3. The Labute approximate surface area is 133 Å². The van der Waals surface area contributed by atoms with Crippen LogP contribution in [0.1, 0.15) is 33.3 Å². The average molecular weight is 308 g/mol. The predicted octanol–water partition coefficient (Wildman–Crippen LogP) is 2.31. The molecule has 0 spiro atoms. The monoisotopic (exact) mass is 308 g/mol. The molecule has 0 atom stereocenters. The molecule has 0 aliphatic carbocycles. The van der Waals surface area contributed by atoms with E-state index >= 15 is 0 Å². The highest BCUT2D eigenvalue weighted by atomic mass is 19.1. The molecule has 1 aromatic rings. The fourth-order valence-electron chi connectivity index (χ4n) is 1.92. The van der Waals surface area contributed by atoms with Crippen LogP contribution in [-0.4, -0.2) is 37.7 Å². The first-order valence-corrected chi connectivity index (χ1v) is 7.92. The maximum Gasteiger partial charge on any atom is 0.191 e. The summed E-state index contributed by atoms with van der Waals surface area (Å²) in [4.78, 5) is 4.53. The summed E-state index contributed by atoms with van der Waals surface area (Å²) in [6.07, 6.45) is 0.838. The molecule has 3 N–H and O–H groups in total. The predicted molar refractivity (Wildman–Crippen MR) is 91.8 cm³/mol. The SMILES string of the molecule is CCNC(=NCCNC(C)(C)C)NCCc1ccc(F)cc1. The highest BCUT2D eigenvalue weighted by Crippen LogP contribution is 2.02. The normalized spacial score (nSPS) is 12.3. The van der Waals surface area contributed by atoms with Crippen LogP contribution in [0.15, 0.2) is 29.3 Å². The number of rotatable bonds is 7. The van der Waals surface area contributed by atoms with E-state index in [9.17, 15) is 4.39 Å². The van der Waals surface area contributed by atoms with Gasteiger partial charge >= 0.3 is 0 Å². The van der Waals surface area contributed by atoms with E-state index in [4.69, 9.17) is 0 Å². The van der Waals surface area contributed by atoms with E-state index in [1.807, 2.05) is 19.1 Å². The smallest absolute Gasteiger partial charge is 0.191 e. The molecule has 0 aliphatic heterocycles. The van der Waals surface area contributed by atoms with Crippen LogP contribution in [0.3, 0.4) is 0 Å². The van der Waals surface area contributed by atoms with Crippen molar-refractivity contribution in [1.29, 1.82) is 0 Å². The van der Waals surface area contributed by atoms with Crippen molar-refractivity contribution in [2.24, 2.45) is 4.99 Å². The van der Waals surface area contributed by atoms with Gasteiger partial charge in [-0.2, -0.15) is 0 Å². The Morgan fingerprint density at radius 3 is 2.36 bits per heavy atom. The average Bonchev–Trinajstić information content (AvgIpc) is 2.44. The van der Waals surface area contributed by atoms with Gasteiger partial charge in [-0.1, -0.05) is 12.1 Å². The summed E-state index contributed by atoms with van der Waals surface area (Å²) in [7, 11) is 0. The van der Waals surface area contributed by atoms with Crippen molar-refractivity contribution in [2.75, 3.05) is 26.2 Å². The van der Waals surface area contributed by atoms with Gasteiger partial charge in [0.2, 0.25) is 0 Å². The molecule has 0 saturated carbocycles. The molecule has 1 rings (SSSR count). The Bertz CT molecular complexity index is 449. The number of benzene rings is 1. The van der Waals surface area contributed by atoms with Crippen molar-refractivity contribution < 1.29 is 4.39 Å². The molecular formula is C17H29FN4. The number of nitrogens with zero attached hydrogens (tertiary/aromatic N) is 1. The molecule has 4 nitrogen and oxygen atoms in total. The third-order valence-corrected chi connectivity index (χ3v) is 3.00. The summed E-state index contributed by atoms with van der Waals surface area (Å²) in [5.74, 6) is 0.623. The van der Waals surface area contributed by atoms with Crippen molar-refractivity contribution >= 4 is 5.96 Å². The Balaban J connectivity index is 2.35. The van der Waals surface area contributed by atoms with Crippen molar-refractivity contribution in [2.45, 2.75) is 39.7 Å². The van der Waals surface area contributed by atoms with E-state index in [-0.39, 0.29) is 11.4 Å². The minimum absolute atomic E-state index is 0.115. The zero-order valence-corrected chi connectivity index (χ0v) is 14.2. The van der Waals surface area contributed by atoms with Crippen molar-refractivity contribution in [3.05, 3.63) is 35.6 Å². The molecule has 5 heteroatoms. The number of hydrogen-bond donors (Lipinski definition) is 3. The molecule has 0 saturated heterocycles. The van der Waals surface area contributed by atoms with Gasteiger partial charge in [-0.3, -0.25) is 4.99 Å². The van der Waals surface area contributed by atoms with Crippen molar-refractivity contribution in [3.8, 4) is 0 Å². The molecule has 0 heterocycles. The van der Waals surface area contributed by atoms with E-state index < -0.39 is 0 Å². The second-order valence-corrected chi connectivity index (χ2v) is 6.24. The van der Waals surface area contributed by atoms with Gasteiger partial charge in [0.25, 0.3) is 0 Å². The lowest BCUT2D eigenvalue weighted by molar-refractivity contribution is 0.432. The molecule has 0 radical (unpaired) electrons. The lowest BCUT2D eigenvalue weighted by Gasteiger charge is -2.20. The van der Waals surface area contributed by atoms with Crippen LogP contribution in [0.5, 0.6) is 0 Å². The Morgan fingerprint density at radius 1 is 1.09 bits per heavy atom. The van der Waals surface area contributed by atoms with Gasteiger partial charge in [-0.05, 0) is 51.8 Å². The third kappa shape index (κ3) is 8.62. The first-order valence-electron chi connectivity index (χ1n) is 7.92. The Morgan fingerprint density at radius 2 is 1.77 bits per heavy atom. The quantitative estimate of drug-likeness (QED) is 0.411. The molecule has 0 aliphatic rings. The standard InChI is InChI=1S/C17H29FN4/c1-5-19-16(21-12-13-22-17(2,3)4)20-11-10-14-6-8-15(18)9-7-14/h6-9,22H,5,10-13H2,1-4H3,(H2,19,20,21). The summed E-state index contributed by atoms with van der Waals surface area (Å²) < 4.78 is 12.8. The van der Waals surface area contributed by atoms with E-state index in [1.165, 1.54) is 12.1 Å². The van der Waals surface area contributed by atoms with Crippen LogP contribution in [0.2, 0.25) is 0 Å². The first kappa shape index (κ1) is 18.4. The van der Waals surface area contributed by atoms with Crippen LogP contribution in [0, 0.1) is 5.82 Å². The molecule has 0 fully saturated rings. The molecule has 0 unspecified atom stereocenters. The second kappa shape index (κ2) is 9.41. The highest BCUT2D eigenvalue weighted by Gasteiger charge is 2.07. The summed E-state index contributed by atoms with van der Waals surface area (Å²) >= 11 is 0. The fourth-order valence-corrected chi connectivity index (χ4v) is 1.92. The van der Waals surface area contributed by atoms with Crippen molar-refractivity contribution in [1.82, 2.24) is 16.0 Å². The van der Waals surface area contributed by atoms with Crippen LogP contribution in [-0.2, 0) is 6.42 Å². The number of hydrogen-bond acceptors (Lipinski definition) is 2. The maximum atomic E-state index is 12.8.